The van der Waals surface area contributed by atoms with E-state index in [1.54, 1.807) is 39.0 Å². The Kier molecular flexibility index (Phi) is 13.5. The van der Waals surface area contributed by atoms with Crippen molar-refractivity contribution in [2.45, 2.75) is 104 Å². The molecule has 0 saturated heterocycles. The van der Waals surface area contributed by atoms with Crippen molar-refractivity contribution in [1.29, 1.82) is 0 Å². The molecule has 1 aromatic heterocycles. The van der Waals surface area contributed by atoms with Crippen LogP contribution in [0.2, 0.25) is 18.1 Å². The van der Waals surface area contributed by atoms with Crippen molar-refractivity contribution in [3.63, 3.8) is 0 Å². The molecule has 1 atom stereocenters. The lowest BCUT2D eigenvalue weighted by Crippen LogP contribution is -2.44. The lowest BCUT2D eigenvalue weighted by Gasteiger charge is -2.39. The van der Waals surface area contributed by atoms with Crippen LogP contribution in [0.1, 0.15) is 90.5 Å². The highest BCUT2D eigenvalue weighted by Crippen LogP contribution is 2.43. The quantitative estimate of drug-likeness (QED) is 0.101. The number of rotatable bonds is 14. The van der Waals surface area contributed by atoms with Gasteiger partial charge in [-0.3, -0.25) is 19.2 Å². The largest absolute Gasteiger partial charge is 0.469 e. The topological polar surface area (TPSA) is 113 Å². The Labute approximate surface area is 302 Å². The maximum absolute atomic E-state index is 14.2. The predicted molar refractivity (Wildman–Crippen MR) is 201 cm³/mol. The zero-order valence-corrected chi connectivity index (χ0v) is 32.8. The summed E-state index contributed by atoms with van der Waals surface area (Å²) in [4.78, 5) is 52.8. The number of aromatic nitrogens is 1. The van der Waals surface area contributed by atoms with Crippen LogP contribution in [0.3, 0.4) is 0 Å². The van der Waals surface area contributed by atoms with E-state index in [1.165, 1.54) is 25.3 Å². The number of hydrogen-bond acceptors (Lipinski definition) is 7. The molecule has 9 nitrogen and oxygen atoms in total. The Morgan fingerprint density at radius 1 is 0.863 bits per heavy atom. The first-order valence-corrected chi connectivity index (χ1v) is 20.1. The molecular weight excluding hydrogens is 668 g/mol. The van der Waals surface area contributed by atoms with Crippen molar-refractivity contribution in [3.05, 3.63) is 77.9 Å². The predicted octanol–water partition coefficient (Wildman–Crippen LogP) is 8.54. The minimum atomic E-state index is -2.36. The Morgan fingerprint density at radius 3 is 1.98 bits per heavy atom. The van der Waals surface area contributed by atoms with Crippen molar-refractivity contribution in [2.24, 2.45) is 0 Å². The Bertz CT molecular complexity index is 1730. The van der Waals surface area contributed by atoms with Crippen LogP contribution in [-0.4, -0.2) is 61.9 Å². The standard InChI is InChI=1S/C40H53FN2O7Si/c1-26(2)43-32(22-21-30(44)23-31(24-33(45)48-9)50-51(10,11)40(6,7)8)35(28-17-19-29(41)20-18-28)36(27-15-13-12-14-16-27)37(43)38(47)42-25-34(46)49-39(3,4)5/h12-22,26,31H,23-25H2,1-11H3,(H,42,47)/b22-21+/t31-/m0/s1. The van der Waals surface area contributed by atoms with Crippen molar-refractivity contribution < 1.29 is 37.5 Å². The summed E-state index contributed by atoms with van der Waals surface area (Å²) in [7, 11) is -1.06. The summed E-state index contributed by atoms with van der Waals surface area (Å²) >= 11 is 0. The van der Waals surface area contributed by atoms with Crippen molar-refractivity contribution in [1.82, 2.24) is 9.88 Å². The third kappa shape index (κ3) is 11.1. The molecule has 0 spiro atoms. The smallest absolute Gasteiger partial charge is 0.325 e. The maximum Gasteiger partial charge on any atom is 0.325 e. The van der Waals surface area contributed by atoms with Crippen molar-refractivity contribution >= 4 is 38.0 Å². The van der Waals surface area contributed by atoms with Gasteiger partial charge in [-0.1, -0.05) is 63.2 Å². The fraction of sp³-hybridized carbons (Fsp3) is 0.450. The second-order valence-electron chi connectivity index (χ2n) is 15.4. The molecule has 0 unspecified atom stereocenters. The number of halogens is 1. The summed E-state index contributed by atoms with van der Waals surface area (Å²) in [6.45, 7) is 19.1. The summed E-state index contributed by atoms with van der Waals surface area (Å²) in [6, 6.07) is 14.9. The lowest BCUT2D eigenvalue weighted by molar-refractivity contribution is -0.153. The molecule has 0 fully saturated rings. The van der Waals surface area contributed by atoms with E-state index >= 15 is 0 Å². The Hall–Kier alpha value is -4.35. The highest BCUT2D eigenvalue weighted by atomic mass is 28.4. The fourth-order valence-electron chi connectivity index (χ4n) is 5.42. The van der Waals surface area contributed by atoms with Crippen LogP contribution in [-0.2, 0) is 28.3 Å². The number of nitrogens with one attached hydrogen (secondary N) is 1. The Morgan fingerprint density at radius 2 is 1.45 bits per heavy atom. The van der Waals surface area contributed by atoms with E-state index in [9.17, 15) is 23.6 Å². The van der Waals surface area contributed by atoms with Gasteiger partial charge in [0.1, 0.15) is 23.7 Å². The normalized spacial score (nSPS) is 13.0. The van der Waals surface area contributed by atoms with Gasteiger partial charge in [0, 0.05) is 23.6 Å². The summed E-state index contributed by atoms with van der Waals surface area (Å²) in [5.41, 5.74) is 2.53. The first-order chi connectivity index (χ1) is 23.6. The second kappa shape index (κ2) is 16.8. The molecule has 51 heavy (non-hydrogen) atoms. The molecule has 0 bridgehead atoms. The molecule has 276 valence electrons. The lowest BCUT2D eigenvalue weighted by atomic mass is 9.94. The number of ether oxygens (including phenoxy) is 2. The average Bonchev–Trinajstić information content (AvgIpc) is 3.37. The number of esters is 2. The molecule has 11 heteroatoms. The minimum Gasteiger partial charge on any atom is -0.469 e. The van der Waals surface area contributed by atoms with Crippen LogP contribution in [0.4, 0.5) is 4.39 Å². The summed E-state index contributed by atoms with van der Waals surface area (Å²) in [5, 5.41) is 2.58. The number of hydrogen-bond donors (Lipinski definition) is 1. The molecule has 0 saturated carbocycles. The van der Waals surface area contributed by atoms with E-state index in [0.29, 0.717) is 27.9 Å². The first kappa shape index (κ1) is 41.1. The van der Waals surface area contributed by atoms with Crippen LogP contribution < -0.4 is 5.32 Å². The maximum atomic E-state index is 14.2. The van der Waals surface area contributed by atoms with Crippen LogP contribution >= 0.6 is 0 Å². The van der Waals surface area contributed by atoms with Crippen molar-refractivity contribution in [3.8, 4) is 22.3 Å². The molecule has 0 aliphatic carbocycles. The van der Waals surface area contributed by atoms with Crippen LogP contribution in [0.5, 0.6) is 0 Å². The second-order valence-corrected chi connectivity index (χ2v) is 20.1. The van der Waals surface area contributed by atoms with E-state index in [-0.39, 0.29) is 41.9 Å². The van der Waals surface area contributed by atoms with E-state index < -0.39 is 43.7 Å². The third-order valence-electron chi connectivity index (χ3n) is 8.73. The molecular formula is C40H53FN2O7Si. The average molecular weight is 721 g/mol. The molecule has 3 rings (SSSR count). The Balaban J connectivity index is 2.22. The van der Waals surface area contributed by atoms with Crippen LogP contribution in [0.25, 0.3) is 28.3 Å². The SMILES string of the molecule is COC(=O)C[C@H](CC(=O)/C=C/c1c(-c2ccc(F)cc2)c(-c2ccccc2)c(C(=O)NCC(=O)OC(C)(C)C)n1C(C)C)O[Si](C)(C)C(C)(C)C. The number of allylic oxidation sites excluding steroid dienone is 1. The van der Waals surface area contributed by atoms with Gasteiger partial charge in [-0.05, 0) is 88.2 Å². The number of nitrogens with zero attached hydrogens (tertiary/aromatic N) is 1. The van der Waals surface area contributed by atoms with E-state index in [4.69, 9.17) is 13.9 Å². The zero-order valence-electron chi connectivity index (χ0n) is 31.8. The molecule has 0 aliphatic rings. The molecule has 1 N–H and O–H groups in total. The first-order valence-electron chi connectivity index (χ1n) is 17.2. The molecule has 3 aromatic rings. The van der Waals surface area contributed by atoms with E-state index in [1.807, 2.05) is 48.7 Å². The van der Waals surface area contributed by atoms with E-state index in [2.05, 4.69) is 39.2 Å². The molecule has 1 amide bonds. The fourth-order valence-corrected chi connectivity index (χ4v) is 6.78. The number of carbonyl (C=O) groups excluding carboxylic acids is 4. The highest BCUT2D eigenvalue weighted by molar-refractivity contribution is 6.74. The number of benzene rings is 2. The summed E-state index contributed by atoms with van der Waals surface area (Å²) < 4.78 is 32.9. The van der Waals surface area contributed by atoms with Gasteiger partial charge >= 0.3 is 11.9 Å². The number of methoxy groups -OCH3 is 1. The molecule has 0 aliphatic heterocycles. The summed E-state index contributed by atoms with van der Waals surface area (Å²) in [5.74, 6) is -2.31. The van der Waals surface area contributed by atoms with Gasteiger partial charge < -0.3 is 23.8 Å². The van der Waals surface area contributed by atoms with Gasteiger partial charge in [0.05, 0.1) is 25.3 Å². The highest BCUT2D eigenvalue weighted by Gasteiger charge is 2.40. The van der Waals surface area contributed by atoms with Gasteiger partial charge in [0.25, 0.3) is 5.91 Å². The monoisotopic (exact) mass is 720 g/mol. The third-order valence-corrected chi connectivity index (χ3v) is 13.3. The number of ketones is 1. The van der Waals surface area contributed by atoms with Gasteiger partial charge in [0.15, 0.2) is 14.1 Å². The van der Waals surface area contributed by atoms with Crippen LogP contribution in [0.15, 0.2) is 60.7 Å². The van der Waals surface area contributed by atoms with Gasteiger partial charge in [0.2, 0.25) is 0 Å². The molecule has 2 aromatic carbocycles. The van der Waals surface area contributed by atoms with Gasteiger partial charge in [-0.2, -0.15) is 0 Å². The summed E-state index contributed by atoms with van der Waals surface area (Å²) in [6.07, 6.45) is 2.24. The van der Waals surface area contributed by atoms with Crippen LogP contribution in [0, 0.1) is 5.82 Å². The molecule has 1 heterocycles. The minimum absolute atomic E-state index is 0.0683. The van der Waals surface area contributed by atoms with Gasteiger partial charge in [-0.25, -0.2) is 4.39 Å². The van der Waals surface area contributed by atoms with Gasteiger partial charge in [-0.15, -0.1) is 0 Å². The molecule has 0 radical (unpaired) electrons. The number of carbonyl (C=O) groups is 4. The zero-order chi connectivity index (χ0) is 38.3. The van der Waals surface area contributed by atoms with E-state index in [0.717, 1.165) is 0 Å². The van der Waals surface area contributed by atoms with Crippen molar-refractivity contribution in [2.75, 3.05) is 13.7 Å². The number of amides is 1.